The third kappa shape index (κ3) is 3.43. The molecule has 1 saturated carbocycles. The number of benzene rings is 1. The van der Waals surface area contributed by atoms with Crippen molar-refractivity contribution in [2.75, 3.05) is 5.73 Å². The standard InChI is InChI=1S/C15H20BrN5/c1-10-2-4-11(5-3-10)9-21-15(18-19-20-21)12-6-13(16)8-14(17)7-12/h6-8,10-11H,2-5,9,17H2,1H3. The van der Waals surface area contributed by atoms with E-state index in [0.717, 1.165) is 28.3 Å². The SMILES string of the molecule is CC1CCC(Cn2nnnc2-c2cc(N)cc(Br)c2)CC1. The predicted molar refractivity (Wildman–Crippen MR) is 86.5 cm³/mol. The van der Waals surface area contributed by atoms with Crippen molar-refractivity contribution in [2.24, 2.45) is 11.8 Å². The van der Waals surface area contributed by atoms with Crippen LogP contribution in [0.2, 0.25) is 0 Å². The Balaban J connectivity index is 1.80. The number of hydrogen-bond donors (Lipinski definition) is 1. The van der Waals surface area contributed by atoms with Crippen LogP contribution >= 0.6 is 15.9 Å². The molecule has 0 radical (unpaired) electrons. The highest BCUT2D eigenvalue weighted by Gasteiger charge is 2.21. The minimum absolute atomic E-state index is 0.674. The Bertz CT molecular complexity index is 596. The first-order chi connectivity index (χ1) is 10.1. The number of hydrogen-bond acceptors (Lipinski definition) is 4. The first-order valence-corrected chi connectivity index (χ1v) is 8.23. The van der Waals surface area contributed by atoms with E-state index >= 15 is 0 Å². The lowest BCUT2D eigenvalue weighted by Crippen LogP contribution is -2.19. The van der Waals surface area contributed by atoms with Crippen LogP contribution in [0.1, 0.15) is 32.6 Å². The van der Waals surface area contributed by atoms with Gasteiger partial charge in [-0.1, -0.05) is 35.7 Å². The maximum Gasteiger partial charge on any atom is 0.182 e. The molecule has 21 heavy (non-hydrogen) atoms. The van der Waals surface area contributed by atoms with E-state index in [4.69, 9.17) is 5.73 Å². The van der Waals surface area contributed by atoms with Crippen LogP contribution in [0.4, 0.5) is 5.69 Å². The largest absolute Gasteiger partial charge is 0.399 e. The molecule has 0 aliphatic heterocycles. The van der Waals surface area contributed by atoms with Gasteiger partial charge >= 0.3 is 0 Å². The first kappa shape index (κ1) is 14.5. The average Bonchev–Trinajstić information content (AvgIpc) is 2.88. The van der Waals surface area contributed by atoms with E-state index in [0.29, 0.717) is 11.6 Å². The molecule has 0 amide bonds. The van der Waals surface area contributed by atoms with Crippen LogP contribution in [0, 0.1) is 11.8 Å². The molecule has 6 heteroatoms. The number of nitrogens with zero attached hydrogens (tertiary/aromatic N) is 4. The molecule has 1 aliphatic carbocycles. The average molecular weight is 350 g/mol. The van der Waals surface area contributed by atoms with Gasteiger partial charge in [-0.25, -0.2) is 4.68 Å². The third-order valence-electron chi connectivity index (χ3n) is 4.28. The molecule has 2 N–H and O–H groups in total. The molecule has 112 valence electrons. The lowest BCUT2D eigenvalue weighted by Gasteiger charge is -2.26. The van der Waals surface area contributed by atoms with Crippen molar-refractivity contribution >= 4 is 21.6 Å². The number of nitrogens with two attached hydrogens (primary N) is 1. The Morgan fingerprint density at radius 2 is 2.00 bits per heavy atom. The van der Waals surface area contributed by atoms with Crippen molar-refractivity contribution in [3.8, 4) is 11.4 Å². The minimum Gasteiger partial charge on any atom is -0.399 e. The van der Waals surface area contributed by atoms with Gasteiger partial charge < -0.3 is 5.73 Å². The van der Waals surface area contributed by atoms with E-state index in [1.165, 1.54) is 25.7 Å². The summed E-state index contributed by atoms with van der Waals surface area (Å²) in [6.45, 7) is 3.23. The van der Waals surface area contributed by atoms with Crippen LogP contribution in [0.5, 0.6) is 0 Å². The minimum atomic E-state index is 0.674. The van der Waals surface area contributed by atoms with Gasteiger partial charge in [0.05, 0.1) is 0 Å². The molecular weight excluding hydrogens is 330 g/mol. The fraction of sp³-hybridized carbons (Fsp3) is 0.533. The molecule has 5 nitrogen and oxygen atoms in total. The van der Waals surface area contributed by atoms with E-state index in [1.807, 2.05) is 22.9 Å². The number of halogens is 1. The van der Waals surface area contributed by atoms with Gasteiger partial charge in [0.2, 0.25) is 0 Å². The van der Waals surface area contributed by atoms with Crippen molar-refractivity contribution in [1.29, 1.82) is 0 Å². The first-order valence-electron chi connectivity index (χ1n) is 7.44. The Labute approximate surface area is 133 Å². The van der Waals surface area contributed by atoms with E-state index in [1.54, 1.807) is 0 Å². The lowest BCUT2D eigenvalue weighted by atomic mass is 9.83. The quantitative estimate of drug-likeness (QED) is 0.860. The highest BCUT2D eigenvalue weighted by Crippen LogP contribution is 2.30. The zero-order valence-corrected chi connectivity index (χ0v) is 13.8. The second-order valence-electron chi connectivity index (χ2n) is 6.08. The van der Waals surface area contributed by atoms with Crippen molar-refractivity contribution in [3.05, 3.63) is 22.7 Å². The van der Waals surface area contributed by atoms with Gasteiger partial charge in [-0.2, -0.15) is 0 Å². The molecule has 0 spiro atoms. The van der Waals surface area contributed by atoms with Gasteiger partial charge in [0.15, 0.2) is 5.82 Å². The van der Waals surface area contributed by atoms with E-state index in [-0.39, 0.29) is 0 Å². The zero-order chi connectivity index (χ0) is 14.8. The van der Waals surface area contributed by atoms with Crippen molar-refractivity contribution in [1.82, 2.24) is 20.2 Å². The van der Waals surface area contributed by atoms with Crippen LogP contribution in [0.15, 0.2) is 22.7 Å². The van der Waals surface area contributed by atoms with Gasteiger partial charge in [0.25, 0.3) is 0 Å². The number of aromatic nitrogens is 4. The predicted octanol–water partition coefficient (Wildman–Crippen LogP) is 3.51. The van der Waals surface area contributed by atoms with Gasteiger partial charge in [0, 0.05) is 22.3 Å². The van der Waals surface area contributed by atoms with Crippen molar-refractivity contribution in [3.63, 3.8) is 0 Å². The molecule has 1 aliphatic rings. The Hall–Kier alpha value is -1.43. The summed E-state index contributed by atoms with van der Waals surface area (Å²) >= 11 is 3.47. The summed E-state index contributed by atoms with van der Waals surface area (Å²) in [5.41, 5.74) is 7.57. The molecule has 1 aromatic heterocycles. The summed E-state index contributed by atoms with van der Waals surface area (Å²) < 4.78 is 2.86. The highest BCUT2D eigenvalue weighted by atomic mass is 79.9. The fourth-order valence-corrected chi connectivity index (χ4v) is 3.54. The summed E-state index contributed by atoms with van der Waals surface area (Å²) in [6.07, 6.45) is 5.15. The molecule has 1 heterocycles. The molecule has 1 fully saturated rings. The van der Waals surface area contributed by atoms with Gasteiger partial charge in [-0.15, -0.1) is 5.10 Å². The fourth-order valence-electron chi connectivity index (χ4n) is 3.03. The highest BCUT2D eigenvalue weighted by molar-refractivity contribution is 9.10. The lowest BCUT2D eigenvalue weighted by molar-refractivity contribution is 0.257. The molecule has 0 saturated heterocycles. The molecule has 1 aromatic carbocycles. The molecule has 0 unspecified atom stereocenters. The number of rotatable bonds is 3. The molecule has 2 aromatic rings. The van der Waals surface area contributed by atoms with E-state index in [2.05, 4.69) is 38.4 Å². The van der Waals surface area contributed by atoms with E-state index < -0.39 is 0 Å². The van der Waals surface area contributed by atoms with Crippen LogP contribution in [0.3, 0.4) is 0 Å². The monoisotopic (exact) mass is 349 g/mol. The number of anilines is 1. The summed E-state index contributed by atoms with van der Waals surface area (Å²) in [5, 5.41) is 12.2. The van der Waals surface area contributed by atoms with Crippen LogP contribution in [-0.2, 0) is 6.54 Å². The van der Waals surface area contributed by atoms with Gasteiger partial charge in [-0.05, 0) is 53.3 Å². The maximum atomic E-state index is 5.91. The molecule has 0 bridgehead atoms. The van der Waals surface area contributed by atoms with Gasteiger partial charge in [-0.3, -0.25) is 0 Å². The van der Waals surface area contributed by atoms with Gasteiger partial charge in [0.1, 0.15) is 0 Å². The smallest absolute Gasteiger partial charge is 0.182 e. The van der Waals surface area contributed by atoms with Crippen molar-refractivity contribution < 1.29 is 0 Å². The second-order valence-corrected chi connectivity index (χ2v) is 7.00. The van der Waals surface area contributed by atoms with E-state index in [9.17, 15) is 0 Å². The summed E-state index contributed by atoms with van der Waals surface area (Å²) in [5.74, 6) is 2.33. The molecule has 0 atom stereocenters. The third-order valence-corrected chi connectivity index (χ3v) is 4.73. The number of nitrogen functional groups attached to an aromatic ring is 1. The molecular formula is C15H20BrN5. The summed E-state index contributed by atoms with van der Waals surface area (Å²) in [7, 11) is 0. The molecule has 3 rings (SSSR count). The summed E-state index contributed by atoms with van der Waals surface area (Å²) in [6, 6.07) is 5.79. The zero-order valence-electron chi connectivity index (χ0n) is 12.2. The topological polar surface area (TPSA) is 69.6 Å². The maximum absolute atomic E-state index is 5.91. The van der Waals surface area contributed by atoms with Crippen molar-refractivity contribution in [2.45, 2.75) is 39.2 Å². The van der Waals surface area contributed by atoms with Crippen LogP contribution < -0.4 is 5.73 Å². The number of tetrazole rings is 1. The Morgan fingerprint density at radius 3 is 2.71 bits per heavy atom. The van der Waals surface area contributed by atoms with Crippen LogP contribution in [-0.4, -0.2) is 20.2 Å². The Kier molecular flexibility index (Phi) is 4.24. The normalized spacial score (nSPS) is 22.4. The Morgan fingerprint density at radius 1 is 1.24 bits per heavy atom. The van der Waals surface area contributed by atoms with Crippen LogP contribution in [0.25, 0.3) is 11.4 Å². The second kappa shape index (κ2) is 6.13. The summed E-state index contributed by atoms with van der Waals surface area (Å²) in [4.78, 5) is 0.